The summed E-state index contributed by atoms with van der Waals surface area (Å²) in [6, 6.07) is 5.38. The van der Waals surface area contributed by atoms with Gasteiger partial charge in [0.2, 0.25) is 0 Å². The lowest BCUT2D eigenvalue weighted by molar-refractivity contribution is 0.262. The van der Waals surface area contributed by atoms with Gasteiger partial charge in [-0.3, -0.25) is 0 Å². The van der Waals surface area contributed by atoms with Crippen LogP contribution in [0.15, 0.2) is 29.3 Å². The van der Waals surface area contributed by atoms with Crippen molar-refractivity contribution in [3.63, 3.8) is 0 Å². The van der Waals surface area contributed by atoms with Gasteiger partial charge in [0, 0.05) is 11.1 Å². The third-order valence-corrected chi connectivity index (χ3v) is 2.45. The molecule has 0 fully saturated rings. The van der Waals surface area contributed by atoms with Crippen LogP contribution in [-0.4, -0.2) is 18.8 Å². The van der Waals surface area contributed by atoms with E-state index in [2.05, 4.69) is 0 Å². The zero-order valence-electron chi connectivity index (χ0n) is 9.37. The van der Waals surface area contributed by atoms with Gasteiger partial charge in [0.25, 0.3) is 0 Å². The van der Waals surface area contributed by atoms with Crippen LogP contribution in [0.25, 0.3) is 0 Å². The monoisotopic (exact) mass is 242 g/mol. The number of ether oxygens (including phenoxy) is 2. The zero-order valence-corrected chi connectivity index (χ0v) is 10.1. The maximum Gasteiger partial charge on any atom is 0.167 e. The summed E-state index contributed by atoms with van der Waals surface area (Å²) in [4.78, 5) is 0. The standard InChI is InChI=1S/C12H15ClO3/c1-9(6-13)8-16-12-10(7-14)4-3-5-11(12)15-2/h3-6,14H,7-8H2,1-2H3/b9-6+. The van der Waals surface area contributed by atoms with Crippen LogP contribution >= 0.6 is 11.6 Å². The number of hydrogen-bond acceptors (Lipinski definition) is 3. The highest BCUT2D eigenvalue weighted by Gasteiger charge is 2.09. The van der Waals surface area contributed by atoms with Gasteiger partial charge in [-0.25, -0.2) is 0 Å². The maximum atomic E-state index is 9.18. The number of aliphatic hydroxyl groups is 1. The average Bonchev–Trinajstić information content (AvgIpc) is 2.35. The number of methoxy groups -OCH3 is 1. The molecule has 0 radical (unpaired) electrons. The summed E-state index contributed by atoms with van der Waals surface area (Å²) in [6.45, 7) is 2.15. The van der Waals surface area contributed by atoms with E-state index < -0.39 is 0 Å². The Bertz CT molecular complexity index is 352. The molecule has 0 bridgehead atoms. The first-order valence-electron chi connectivity index (χ1n) is 4.88. The Kier molecular flexibility index (Phi) is 5.15. The number of hydrogen-bond donors (Lipinski definition) is 1. The zero-order chi connectivity index (χ0) is 12.0. The van der Waals surface area contributed by atoms with Crippen molar-refractivity contribution < 1.29 is 14.6 Å². The molecule has 0 saturated heterocycles. The summed E-state index contributed by atoms with van der Waals surface area (Å²) in [5.74, 6) is 1.17. The molecule has 0 spiro atoms. The molecule has 1 aromatic rings. The number of halogens is 1. The van der Waals surface area contributed by atoms with Crippen LogP contribution in [0.1, 0.15) is 12.5 Å². The van der Waals surface area contributed by atoms with E-state index in [0.29, 0.717) is 23.7 Å². The Morgan fingerprint density at radius 2 is 2.25 bits per heavy atom. The molecule has 4 heteroatoms. The summed E-state index contributed by atoms with van der Waals surface area (Å²) < 4.78 is 10.7. The predicted molar refractivity (Wildman–Crippen MR) is 64.0 cm³/mol. The molecule has 0 amide bonds. The van der Waals surface area contributed by atoms with Crippen molar-refractivity contribution in [2.24, 2.45) is 0 Å². The van der Waals surface area contributed by atoms with Gasteiger partial charge < -0.3 is 14.6 Å². The normalized spacial score (nSPS) is 11.4. The van der Waals surface area contributed by atoms with Gasteiger partial charge >= 0.3 is 0 Å². The molecule has 1 aromatic carbocycles. The number of rotatable bonds is 5. The molecule has 0 heterocycles. The summed E-state index contributed by atoms with van der Waals surface area (Å²) in [5, 5.41) is 9.18. The Balaban J connectivity index is 2.91. The SMILES string of the molecule is COc1cccc(CO)c1OC/C(C)=C/Cl. The first-order valence-corrected chi connectivity index (χ1v) is 5.32. The van der Waals surface area contributed by atoms with E-state index in [1.165, 1.54) is 5.54 Å². The molecule has 0 atom stereocenters. The van der Waals surface area contributed by atoms with Gasteiger partial charge in [-0.1, -0.05) is 23.7 Å². The predicted octanol–water partition coefficient (Wildman–Crippen LogP) is 2.71. The third kappa shape index (κ3) is 3.15. The molecule has 0 aliphatic rings. The van der Waals surface area contributed by atoms with Crippen LogP contribution < -0.4 is 9.47 Å². The lowest BCUT2D eigenvalue weighted by Gasteiger charge is -2.13. The highest BCUT2D eigenvalue weighted by atomic mass is 35.5. The highest BCUT2D eigenvalue weighted by Crippen LogP contribution is 2.31. The van der Waals surface area contributed by atoms with E-state index in [1.807, 2.05) is 13.0 Å². The van der Waals surface area contributed by atoms with Crippen molar-refractivity contribution >= 4 is 11.6 Å². The molecule has 16 heavy (non-hydrogen) atoms. The van der Waals surface area contributed by atoms with Gasteiger partial charge in [0.05, 0.1) is 13.7 Å². The molecule has 88 valence electrons. The van der Waals surface area contributed by atoms with Crippen molar-refractivity contribution in [1.82, 2.24) is 0 Å². The van der Waals surface area contributed by atoms with E-state index in [1.54, 1.807) is 19.2 Å². The lowest BCUT2D eigenvalue weighted by atomic mass is 10.2. The quantitative estimate of drug-likeness (QED) is 0.863. The second-order valence-electron chi connectivity index (χ2n) is 3.35. The van der Waals surface area contributed by atoms with Gasteiger partial charge in [-0.15, -0.1) is 0 Å². The molecule has 1 N–H and O–H groups in total. The fraction of sp³-hybridized carbons (Fsp3) is 0.333. The molecule has 0 aromatic heterocycles. The summed E-state index contributed by atoms with van der Waals surface area (Å²) in [6.07, 6.45) is 0. The fourth-order valence-corrected chi connectivity index (χ4v) is 1.29. The summed E-state index contributed by atoms with van der Waals surface area (Å²) in [7, 11) is 1.56. The fourth-order valence-electron chi connectivity index (χ4n) is 1.23. The highest BCUT2D eigenvalue weighted by molar-refractivity contribution is 6.25. The first kappa shape index (κ1) is 12.9. The largest absolute Gasteiger partial charge is 0.493 e. The Hall–Kier alpha value is -1.19. The Morgan fingerprint density at radius 3 is 2.81 bits per heavy atom. The Morgan fingerprint density at radius 1 is 1.50 bits per heavy atom. The lowest BCUT2D eigenvalue weighted by Crippen LogP contribution is -2.03. The Labute approximate surface area is 100 Å². The van der Waals surface area contributed by atoms with Crippen LogP contribution in [0.5, 0.6) is 11.5 Å². The molecule has 0 aliphatic carbocycles. The summed E-state index contributed by atoms with van der Waals surface area (Å²) >= 11 is 5.54. The van der Waals surface area contributed by atoms with Crippen LogP contribution in [-0.2, 0) is 6.61 Å². The van der Waals surface area contributed by atoms with Crippen LogP contribution in [0, 0.1) is 0 Å². The van der Waals surface area contributed by atoms with Gasteiger partial charge in [-0.05, 0) is 18.6 Å². The van der Waals surface area contributed by atoms with Gasteiger partial charge in [0.15, 0.2) is 11.5 Å². The minimum atomic E-state index is -0.0871. The van der Waals surface area contributed by atoms with Crippen LogP contribution in [0.3, 0.4) is 0 Å². The second-order valence-corrected chi connectivity index (χ2v) is 3.57. The van der Waals surface area contributed by atoms with Crippen molar-refractivity contribution in [1.29, 1.82) is 0 Å². The topological polar surface area (TPSA) is 38.7 Å². The smallest absolute Gasteiger partial charge is 0.167 e. The van der Waals surface area contributed by atoms with Crippen LogP contribution in [0.2, 0.25) is 0 Å². The molecule has 1 rings (SSSR count). The van der Waals surface area contributed by atoms with E-state index in [-0.39, 0.29) is 6.61 Å². The summed E-state index contributed by atoms with van der Waals surface area (Å²) in [5.41, 5.74) is 3.06. The molecule has 3 nitrogen and oxygen atoms in total. The van der Waals surface area contributed by atoms with E-state index in [4.69, 9.17) is 21.1 Å². The van der Waals surface area contributed by atoms with Gasteiger partial charge in [0.1, 0.15) is 6.61 Å². The molecule has 0 aliphatic heterocycles. The average molecular weight is 243 g/mol. The van der Waals surface area contributed by atoms with Crippen molar-refractivity contribution in [3.05, 3.63) is 34.9 Å². The first-order chi connectivity index (χ1) is 7.72. The molecular weight excluding hydrogens is 228 g/mol. The second kappa shape index (κ2) is 6.40. The maximum absolute atomic E-state index is 9.18. The molecule has 0 unspecified atom stereocenters. The van der Waals surface area contributed by atoms with Crippen molar-refractivity contribution in [3.8, 4) is 11.5 Å². The van der Waals surface area contributed by atoms with E-state index in [9.17, 15) is 5.11 Å². The molecular formula is C12H15ClO3. The van der Waals surface area contributed by atoms with Crippen molar-refractivity contribution in [2.75, 3.05) is 13.7 Å². The van der Waals surface area contributed by atoms with E-state index >= 15 is 0 Å². The number of aliphatic hydroxyl groups excluding tert-OH is 1. The van der Waals surface area contributed by atoms with Crippen LogP contribution in [0.4, 0.5) is 0 Å². The van der Waals surface area contributed by atoms with E-state index in [0.717, 1.165) is 5.57 Å². The minimum absolute atomic E-state index is 0.0871. The number of benzene rings is 1. The minimum Gasteiger partial charge on any atom is -0.493 e. The third-order valence-electron chi connectivity index (χ3n) is 2.08. The van der Waals surface area contributed by atoms with Gasteiger partial charge in [-0.2, -0.15) is 0 Å². The molecule has 0 saturated carbocycles. The number of para-hydroxylation sites is 1. The van der Waals surface area contributed by atoms with Crippen molar-refractivity contribution in [2.45, 2.75) is 13.5 Å².